The van der Waals surface area contributed by atoms with Crippen molar-refractivity contribution in [3.05, 3.63) is 48.1 Å². The molecule has 126 valence electrons. The van der Waals surface area contributed by atoms with Crippen LogP contribution < -0.4 is 0 Å². The van der Waals surface area contributed by atoms with Crippen molar-refractivity contribution < 1.29 is 13.7 Å². The minimum atomic E-state index is -0.966. The van der Waals surface area contributed by atoms with Crippen LogP contribution in [0.1, 0.15) is 33.3 Å². The molecule has 7 heteroatoms. The van der Waals surface area contributed by atoms with E-state index in [-0.39, 0.29) is 0 Å². The molecule has 0 aliphatic carbocycles. The number of allylic oxidation sites excluding steroid dienone is 1. The maximum Gasteiger partial charge on any atom is 0.524 e. The molecule has 1 aliphatic heterocycles. The first-order chi connectivity index (χ1) is 11.3. The maximum absolute atomic E-state index is 14.5. The van der Waals surface area contributed by atoms with Gasteiger partial charge in [0.15, 0.2) is 0 Å². The molecule has 0 radical (unpaired) electrons. The Balaban J connectivity index is 1.75. The summed E-state index contributed by atoms with van der Waals surface area (Å²) in [5.41, 5.74) is 1.18. The lowest BCUT2D eigenvalue weighted by Crippen LogP contribution is -2.41. The Kier molecular flexibility index (Phi) is 4.32. The number of nitrogens with one attached hydrogen (secondary N) is 1. The molecule has 1 fully saturated rings. The summed E-state index contributed by atoms with van der Waals surface area (Å²) in [7, 11) is -0.966. The number of halogens is 1. The summed E-state index contributed by atoms with van der Waals surface area (Å²) in [6, 6.07) is 3.76. The highest BCUT2D eigenvalue weighted by Gasteiger charge is 2.52. The Morgan fingerprint density at radius 1 is 1.21 bits per heavy atom. The topological polar surface area (TPSA) is 60.0 Å². The quantitative estimate of drug-likeness (QED) is 0.872. The second-order valence-corrected chi connectivity index (χ2v) is 6.89. The van der Waals surface area contributed by atoms with Crippen LogP contribution in [0.4, 0.5) is 4.39 Å². The number of pyridine rings is 1. The maximum atomic E-state index is 14.5. The Labute approximate surface area is 141 Å². The molecule has 24 heavy (non-hydrogen) atoms. The van der Waals surface area contributed by atoms with Crippen LogP contribution in [0.2, 0.25) is 0 Å². The Bertz CT molecular complexity index is 727. The van der Waals surface area contributed by atoms with Gasteiger partial charge in [0.2, 0.25) is 0 Å². The normalized spacial score (nSPS) is 19.7. The van der Waals surface area contributed by atoms with Gasteiger partial charge in [0.05, 0.1) is 23.1 Å². The SMILES string of the molecule is CC1(C)OB(C(F)=CCc2cn[nH]c2-c2ccncc2)OC1(C)C. The Hall–Kier alpha value is -1.99. The largest absolute Gasteiger partial charge is 0.524 e. The van der Waals surface area contributed by atoms with Gasteiger partial charge in [-0.25, -0.2) is 4.39 Å². The lowest BCUT2D eigenvalue weighted by molar-refractivity contribution is 0.00578. The van der Waals surface area contributed by atoms with Crippen molar-refractivity contribution in [2.24, 2.45) is 0 Å². The summed E-state index contributed by atoms with van der Waals surface area (Å²) < 4.78 is 25.9. The summed E-state index contributed by atoms with van der Waals surface area (Å²) in [5.74, 6) is 0. The van der Waals surface area contributed by atoms with Gasteiger partial charge in [-0.2, -0.15) is 5.10 Å². The zero-order valence-corrected chi connectivity index (χ0v) is 14.3. The average molecular weight is 329 g/mol. The standard InChI is InChI=1S/C17H21BFN3O2/c1-16(2)17(3,4)24-18(23-16)14(19)6-5-13-11-21-22-15(13)12-7-9-20-10-8-12/h6-11H,5H2,1-4H3,(H,21,22). The first kappa shape index (κ1) is 16.9. The van der Waals surface area contributed by atoms with Crippen LogP contribution in [0.15, 0.2) is 42.5 Å². The fraction of sp³-hybridized carbons (Fsp3) is 0.412. The van der Waals surface area contributed by atoms with E-state index in [1.165, 1.54) is 6.08 Å². The molecule has 1 N–H and O–H groups in total. The molecule has 3 heterocycles. The third kappa shape index (κ3) is 3.14. The van der Waals surface area contributed by atoms with Crippen molar-refractivity contribution in [2.75, 3.05) is 0 Å². The van der Waals surface area contributed by atoms with Gasteiger partial charge in [0.1, 0.15) is 5.73 Å². The lowest BCUT2D eigenvalue weighted by atomic mass is 9.87. The molecule has 2 aromatic heterocycles. The Morgan fingerprint density at radius 3 is 2.46 bits per heavy atom. The van der Waals surface area contributed by atoms with E-state index < -0.39 is 24.0 Å². The van der Waals surface area contributed by atoms with Crippen molar-refractivity contribution >= 4 is 7.12 Å². The molecular formula is C17H21BFN3O2. The first-order valence-corrected chi connectivity index (χ1v) is 7.94. The van der Waals surface area contributed by atoms with Gasteiger partial charge in [0.25, 0.3) is 0 Å². The third-order valence-corrected chi connectivity index (χ3v) is 4.68. The van der Waals surface area contributed by atoms with E-state index in [2.05, 4.69) is 15.2 Å². The second kappa shape index (κ2) is 6.14. The van der Waals surface area contributed by atoms with E-state index >= 15 is 0 Å². The van der Waals surface area contributed by atoms with Gasteiger partial charge in [-0.15, -0.1) is 0 Å². The van der Waals surface area contributed by atoms with E-state index in [0.29, 0.717) is 6.42 Å². The number of hydrogen-bond donors (Lipinski definition) is 1. The number of aromatic nitrogens is 3. The number of rotatable bonds is 4. The van der Waals surface area contributed by atoms with E-state index in [9.17, 15) is 4.39 Å². The lowest BCUT2D eigenvalue weighted by Gasteiger charge is -2.32. The molecule has 1 aliphatic rings. The van der Waals surface area contributed by atoms with Crippen LogP contribution in [0.25, 0.3) is 11.3 Å². The van der Waals surface area contributed by atoms with E-state index in [4.69, 9.17) is 9.31 Å². The number of nitrogens with zero attached hydrogens (tertiary/aromatic N) is 2. The van der Waals surface area contributed by atoms with Gasteiger partial charge in [-0.05, 0) is 46.2 Å². The van der Waals surface area contributed by atoms with Gasteiger partial charge in [0, 0.05) is 23.5 Å². The van der Waals surface area contributed by atoms with Crippen molar-refractivity contribution in [1.82, 2.24) is 15.2 Å². The van der Waals surface area contributed by atoms with Crippen LogP contribution in [-0.4, -0.2) is 33.5 Å². The summed E-state index contributed by atoms with van der Waals surface area (Å²) in [5, 5.41) is 7.01. The number of hydrogen-bond acceptors (Lipinski definition) is 4. The highest BCUT2D eigenvalue weighted by molar-refractivity contribution is 6.53. The highest BCUT2D eigenvalue weighted by Crippen LogP contribution is 2.38. The molecule has 0 spiro atoms. The van der Waals surface area contributed by atoms with Crippen molar-refractivity contribution in [3.8, 4) is 11.3 Å². The molecule has 1 saturated heterocycles. The van der Waals surface area contributed by atoms with E-state index in [1.807, 2.05) is 39.8 Å². The van der Waals surface area contributed by atoms with Crippen LogP contribution in [0.3, 0.4) is 0 Å². The van der Waals surface area contributed by atoms with E-state index in [1.54, 1.807) is 18.6 Å². The summed E-state index contributed by atoms with van der Waals surface area (Å²) in [6.07, 6.45) is 6.99. The Morgan fingerprint density at radius 2 is 1.83 bits per heavy atom. The fourth-order valence-corrected chi connectivity index (χ4v) is 2.49. The first-order valence-electron chi connectivity index (χ1n) is 7.94. The summed E-state index contributed by atoms with van der Waals surface area (Å²) in [4.78, 5) is 4.00. The second-order valence-electron chi connectivity index (χ2n) is 6.89. The smallest absolute Gasteiger partial charge is 0.398 e. The molecule has 0 saturated carbocycles. The zero-order chi connectivity index (χ0) is 17.4. The summed E-state index contributed by atoms with van der Waals surface area (Å²) >= 11 is 0. The minimum Gasteiger partial charge on any atom is -0.398 e. The zero-order valence-electron chi connectivity index (χ0n) is 14.3. The van der Waals surface area contributed by atoms with Crippen molar-refractivity contribution in [3.63, 3.8) is 0 Å². The predicted molar refractivity (Wildman–Crippen MR) is 90.8 cm³/mol. The van der Waals surface area contributed by atoms with Gasteiger partial charge in [-0.3, -0.25) is 10.1 Å². The van der Waals surface area contributed by atoms with E-state index in [0.717, 1.165) is 16.8 Å². The third-order valence-electron chi connectivity index (χ3n) is 4.68. The van der Waals surface area contributed by atoms with Crippen LogP contribution in [0.5, 0.6) is 0 Å². The van der Waals surface area contributed by atoms with Gasteiger partial charge >= 0.3 is 7.12 Å². The molecule has 0 aromatic carbocycles. The molecule has 3 rings (SSSR count). The minimum absolute atomic E-state index is 0.393. The average Bonchev–Trinajstić information content (AvgIpc) is 3.08. The number of H-pyrrole nitrogens is 1. The summed E-state index contributed by atoms with van der Waals surface area (Å²) in [6.45, 7) is 7.60. The van der Waals surface area contributed by atoms with Crippen molar-refractivity contribution in [1.29, 1.82) is 0 Å². The monoisotopic (exact) mass is 329 g/mol. The molecule has 0 bridgehead atoms. The highest BCUT2D eigenvalue weighted by atomic mass is 19.1. The predicted octanol–water partition coefficient (Wildman–Crippen LogP) is 3.50. The molecule has 0 atom stereocenters. The molecule has 2 aromatic rings. The fourth-order valence-electron chi connectivity index (χ4n) is 2.49. The molecule has 0 amide bonds. The molecular weight excluding hydrogens is 308 g/mol. The van der Waals surface area contributed by atoms with Crippen LogP contribution in [-0.2, 0) is 15.7 Å². The molecule has 5 nitrogen and oxygen atoms in total. The van der Waals surface area contributed by atoms with Crippen molar-refractivity contribution in [2.45, 2.75) is 45.3 Å². The number of aromatic amines is 1. The van der Waals surface area contributed by atoms with Gasteiger partial charge in [-0.1, -0.05) is 6.08 Å². The van der Waals surface area contributed by atoms with Gasteiger partial charge < -0.3 is 9.31 Å². The van der Waals surface area contributed by atoms with Crippen LogP contribution in [0, 0.1) is 0 Å². The molecule has 0 unspecified atom stereocenters. The van der Waals surface area contributed by atoms with Crippen LogP contribution >= 0.6 is 0 Å².